The Balaban J connectivity index is 2.18. The van der Waals surface area contributed by atoms with E-state index in [9.17, 15) is 9.59 Å². The van der Waals surface area contributed by atoms with Crippen molar-refractivity contribution in [3.05, 3.63) is 52.5 Å². The van der Waals surface area contributed by atoms with Gasteiger partial charge >= 0.3 is 11.7 Å². The lowest BCUT2D eigenvalue weighted by Crippen LogP contribution is -2.22. The van der Waals surface area contributed by atoms with Crippen LogP contribution in [0, 0.1) is 0 Å². The minimum Gasteiger partial charge on any atom is -0.465 e. The summed E-state index contributed by atoms with van der Waals surface area (Å²) in [5.74, 6) is -0.425. The van der Waals surface area contributed by atoms with E-state index in [1.807, 2.05) is 0 Å². The maximum absolute atomic E-state index is 11.6. The topological polar surface area (TPSA) is 66.1 Å². The number of carbonyl (C=O) groups is 1. The lowest BCUT2D eigenvalue weighted by Gasteiger charge is -2.02. The molecule has 0 aliphatic rings. The highest BCUT2D eigenvalue weighted by Gasteiger charge is 2.06. The molecule has 0 amide bonds. The predicted octanol–water partition coefficient (Wildman–Crippen LogP) is 0.417. The lowest BCUT2D eigenvalue weighted by atomic mass is 10.2. The Labute approximate surface area is 103 Å². The first-order valence-corrected chi connectivity index (χ1v) is 5.37. The first-order chi connectivity index (χ1) is 8.61. The first-order valence-electron chi connectivity index (χ1n) is 5.37. The third-order valence-electron chi connectivity index (χ3n) is 2.60. The molecule has 94 valence electrons. The smallest absolute Gasteiger partial charge is 0.339 e. The molecule has 0 bridgehead atoms. The Morgan fingerprint density at radius 2 is 2.17 bits per heavy atom. The van der Waals surface area contributed by atoms with Crippen molar-refractivity contribution in [2.45, 2.75) is 6.54 Å². The van der Waals surface area contributed by atoms with Crippen molar-refractivity contribution in [3.63, 3.8) is 0 Å². The number of carbonyl (C=O) groups excluding carboxylic acids is 1. The van der Waals surface area contributed by atoms with Gasteiger partial charge in [-0.05, 0) is 12.1 Å². The Hall–Kier alpha value is -2.37. The van der Waals surface area contributed by atoms with Crippen LogP contribution in [0.2, 0.25) is 0 Å². The van der Waals surface area contributed by atoms with E-state index < -0.39 is 5.97 Å². The van der Waals surface area contributed by atoms with Crippen molar-refractivity contribution >= 4 is 5.97 Å². The number of hydrogen-bond acceptors (Lipinski definition) is 4. The van der Waals surface area contributed by atoms with Crippen LogP contribution in [-0.4, -0.2) is 27.2 Å². The molecule has 0 radical (unpaired) electrons. The van der Waals surface area contributed by atoms with Crippen LogP contribution in [0.3, 0.4) is 0 Å². The van der Waals surface area contributed by atoms with Gasteiger partial charge in [-0.15, -0.1) is 0 Å². The summed E-state index contributed by atoms with van der Waals surface area (Å²) in [6, 6.07) is 3.33. The average molecular weight is 247 g/mol. The highest BCUT2D eigenvalue weighted by Crippen LogP contribution is 2.03. The Kier molecular flexibility index (Phi) is 3.27. The number of imidazole rings is 1. The van der Waals surface area contributed by atoms with Gasteiger partial charge in [0.1, 0.15) is 0 Å². The van der Waals surface area contributed by atoms with E-state index in [2.05, 4.69) is 9.72 Å². The summed E-state index contributed by atoms with van der Waals surface area (Å²) in [5.41, 5.74) is 0.992. The second-order valence-electron chi connectivity index (χ2n) is 3.85. The molecule has 6 heteroatoms. The van der Waals surface area contributed by atoms with Crippen LogP contribution in [-0.2, 0) is 18.3 Å². The van der Waals surface area contributed by atoms with Crippen molar-refractivity contribution in [2.75, 3.05) is 7.11 Å². The monoisotopic (exact) mass is 247 g/mol. The Bertz CT molecular complexity index is 610. The molecular formula is C12H13N3O3. The van der Waals surface area contributed by atoms with Crippen LogP contribution in [0.1, 0.15) is 16.1 Å². The second kappa shape index (κ2) is 4.87. The summed E-state index contributed by atoms with van der Waals surface area (Å²) in [5, 5.41) is 0. The molecule has 0 N–H and O–H groups in total. The number of aryl methyl sites for hydroxylation is 1. The van der Waals surface area contributed by atoms with Gasteiger partial charge < -0.3 is 9.30 Å². The first kappa shape index (κ1) is 12.1. The van der Waals surface area contributed by atoms with Gasteiger partial charge in [0.25, 0.3) is 0 Å². The SMILES string of the molecule is COC(=O)c1ccc(Cn2ccn(C)c2=O)nc1. The maximum atomic E-state index is 11.6. The van der Waals surface area contributed by atoms with Crippen LogP contribution < -0.4 is 5.69 Å². The molecule has 0 saturated heterocycles. The van der Waals surface area contributed by atoms with Gasteiger partial charge in [0.15, 0.2) is 0 Å². The molecule has 0 aliphatic heterocycles. The molecular weight excluding hydrogens is 234 g/mol. The molecule has 0 aromatic carbocycles. The normalized spacial score (nSPS) is 10.3. The lowest BCUT2D eigenvalue weighted by molar-refractivity contribution is 0.0600. The molecule has 18 heavy (non-hydrogen) atoms. The Morgan fingerprint density at radius 3 is 2.67 bits per heavy atom. The van der Waals surface area contributed by atoms with E-state index in [0.29, 0.717) is 17.8 Å². The number of nitrogens with zero attached hydrogens (tertiary/aromatic N) is 3. The second-order valence-corrected chi connectivity index (χ2v) is 3.85. The summed E-state index contributed by atoms with van der Waals surface area (Å²) >= 11 is 0. The third kappa shape index (κ3) is 2.32. The van der Waals surface area contributed by atoms with E-state index in [4.69, 9.17) is 0 Å². The standard InChI is InChI=1S/C12H13N3O3/c1-14-5-6-15(12(14)17)8-10-4-3-9(7-13-10)11(16)18-2/h3-7H,8H2,1-2H3. The van der Waals surface area contributed by atoms with Crippen molar-refractivity contribution in [1.29, 1.82) is 0 Å². The summed E-state index contributed by atoms with van der Waals surface area (Å²) < 4.78 is 7.61. The number of hydrogen-bond donors (Lipinski definition) is 0. The molecule has 2 aromatic heterocycles. The molecule has 0 unspecified atom stereocenters. The minimum absolute atomic E-state index is 0.103. The molecule has 0 fully saturated rings. The van der Waals surface area contributed by atoms with E-state index in [0.717, 1.165) is 0 Å². The summed E-state index contributed by atoms with van der Waals surface area (Å²) in [4.78, 5) is 27.0. The fourth-order valence-corrected chi connectivity index (χ4v) is 1.56. The average Bonchev–Trinajstić information content (AvgIpc) is 2.71. The van der Waals surface area contributed by atoms with Crippen LogP contribution >= 0.6 is 0 Å². The number of methoxy groups -OCH3 is 1. The maximum Gasteiger partial charge on any atom is 0.339 e. The van der Waals surface area contributed by atoms with Crippen LogP contribution in [0.4, 0.5) is 0 Å². The van der Waals surface area contributed by atoms with E-state index in [1.165, 1.54) is 17.9 Å². The molecule has 0 spiro atoms. The van der Waals surface area contributed by atoms with Crippen molar-refractivity contribution in [1.82, 2.24) is 14.1 Å². The summed E-state index contributed by atoms with van der Waals surface area (Å²) in [7, 11) is 3.01. The van der Waals surface area contributed by atoms with Crippen LogP contribution in [0.15, 0.2) is 35.5 Å². The van der Waals surface area contributed by atoms with Gasteiger partial charge in [-0.3, -0.25) is 9.55 Å². The fraction of sp³-hybridized carbons (Fsp3) is 0.250. The van der Waals surface area contributed by atoms with Crippen molar-refractivity contribution < 1.29 is 9.53 Å². The molecule has 2 heterocycles. The molecule has 6 nitrogen and oxygen atoms in total. The minimum atomic E-state index is -0.425. The molecule has 0 aliphatic carbocycles. The molecule has 2 rings (SSSR count). The zero-order valence-electron chi connectivity index (χ0n) is 10.2. The van der Waals surface area contributed by atoms with Crippen molar-refractivity contribution in [3.8, 4) is 0 Å². The summed E-state index contributed by atoms with van der Waals surface area (Å²) in [6.45, 7) is 0.376. The van der Waals surface area contributed by atoms with Crippen LogP contribution in [0.5, 0.6) is 0 Å². The highest BCUT2D eigenvalue weighted by molar-refractivity contribution is 5.88. The van der Waals surface area contributed by atoms with Gasteiger partial charge in [-0.2, -0.15) is 0 Å². The van der Waals surface area contributed by atoms with E-state index >= 15 is 0 Å². The van der Waals surface area contributed by atoms with Gasteiger partial charge in [-0.25, -0.2) is 9.59 Å². The quantitative estimate of drug-likeness (QED) is 0.737. The number of aromatic nitrogens is 3. The molecule has 0 atom stereocenters. The van der Waals surface area contributed by atoms with Crippen LogP contribution in [0.25, 0.3) is 0 Å². The fourth-order valence-electron chi connectivity index (χ4n) is 1.56. The van der Waals surface area contributed by atoms with E-state index in [1.54, 1.807) is 36.1 Å². The zero-order chi connectivity index (χ0) is 13.1. The number of rotatable bonds is 3. The van der Waals surface area contributed by atoms with Crippen molar-refractivity contribution in [2.24, 2.45) is 7.05 Å². The largest absolute Gasteiger partial charge is 0.465 e. The van der Waals surface area contributed by atoms with Gasteiger partial charge in [0, 0.05) is 25.6 Å². The number of ether oxygens (including phenoxy) is 1. The predicted molar refractivity (Wildman–Crippen MR) is 64.4 cm³/mol. The zero-order valence-corrected chi connectivity index (χ0v) is 10.2. The number of pyridine rings is 1. The number of esters is 1. The highest BCUT2D eigenvalue weighted by atomic mass is 16.5. The Morgan fingerprint density at radius 1 is 1.39 bits per heavy atom. The molecule has 2 aromatic rings. The summed E-state index contributed by atoms with van der Waals surface area (Å²) in [6.07, 6.45) is 4.82. The van der Waals surface area contributed by atoms with Gasteiger partial charge in [0.2, 0.25) is 0 Å². The van der Waals surface area contributed by atoms with Gasteiger partial charge in [-0.1, -0.05) is 0 Å². The van der Waals surface area contributed by atoms with E-state index in [-0.39, 0.29) is 5.69 Å². The molecule has 0 saturated carbocycles. The third-order valence-corrected chi connectivity index (χ3v) is 2.60. The van der Waals surface area contributed by atoms with Gasteiger partial charge in [0.05, 0.1) is 24.9 Å².